The van der Waals surface area contributed by atoms with Gasteiger partial charge in [0.2, 0.25) is 10.0 Å². The summed E-state index contributed by atoms with van der Waals surface area (Å²) in [5.74, 6) is -0.0769. The minimum absolute atomic E-state index is 0.101. The first-order valence-electron chi connectivity index (χ1n) is 8.16. The van der Waals surface area contributed by atoms with Crippen molar-refractivity contribution in [3.8, 4) is 5.75 Å². The summed E-state index contributed by atoms with van der Waals surface area (Å²) in [7, 11) is -3.55. The molecule has 1 aliphatic rings. The van der Waals surface area contributed by atoms with Crippen LogP contribution in [-0.4, -0.2) is 33.2 Å². The second-order valence-electron chi connectivity index (χ2n) is 6.29. The highest BCUT2D eigenvalue weighted by Crippen LogP contribution is 2.36. The van der Waals surface area contributed by atoms with E-state index in [9.17, 15) is 13.2 Å². The highest BCUT2D eigenvalue weighted by molar-refractivity contribution is 7.92. The Labute approximate surface area is 168 Å². The fraction of sp³-hybridized carbons (Fsp3) is 0.278. The van der Waals surface area contributed by atoms with Gasteiger partial charge in [-0.15, -0.1) is 0 Å². The molecule has 0 spiro atoms. The van der Waals surface area contributed by atoms with E-state index in [1.54, 1.807) is 30.3 Å². The summed E-state index contributed by atoms with van der Waals surface area (Å²) in [5.41, 5.74) is 1.76. The Morgan fingerprint density at radius 1 is 1.19 bits per heavy atom. The number of hydrogen-bond acceptors (Lipinski definition) is 4. The van der Waals surface area contributed by atoms with Crippen LogP contribution in [0.1, 0.15) is 12.0 Å². The number of ether oxygens (including phenoxy) is 1. The molecule has 0 bridgehead atoms. The molecule has 0 unspecified atom stereocenters. The summed E-state index contributed by atoms with van der Waals surface area (Å²) in [4.78, 5) is 12.7. The van der Waals surface area contributed by atoms with Crippen molar-refractivity contribution in [2.45, 2.75) is 19.4 Å². The zero-order valence-corrected chi connectivity index (χ0v) is 17.0. The van der Waals surface area contributed by atoms with Crippen LogP contribution in [0.4, 0.5) is 11.4 Å². The number of nitrogens with one attached hydrogen (secondary N) is 1. The Morgan fingerprint density at radius 2 is 1.85 bits per heavy atom. The van der Waals surface area contributed by atoms with Gasteiger partial charge in [0.25, 0.3) is 5.91 Å². The number of halogens is 2. The number of carbonyl (C=O) groups is 1. The van der Waals surface area contributed by atoms with Crippen molar-refractivity contribution in [3.05, 3.63) is 52.0 Å². The molecule has 0 saturated heterocycles. The summed E-state index contributed by atoms with van der Waals surface area (Å²) < 4.78 is 31.4. The van der Waals surface area contributed by atoms with Crippen LogP contribution >= 0.6 is 23.2 Å². The number of fused-ring (bicyclic) bond motifs is 1. The molecule has 0 aliphatic carbocycles. The van der Waals surface area contributed by atoms with E-state index in [-0.39, 0.29) is 24.6 Å². The van der Waals surface area contributed by atoms with Crippen LogP contribution in [0.2, 0.25) is 10.0 Å². The lowest BCUT2D eigenvalue weighted by Crippen LogP contribution is -2.36. The number of hydrogen-bond donors (Lipinski definition) is 1. The van der Waals surface area contributed by atoms with Crippen molar-refractivity contribution in [1.29, 1.82) is 0 Å². The summed E-state index contributed by atoms with van der Waals surface area (Å²) in [6.45, 7) is 1.93. The van der Waals surface area contributed by atoms with Gasteiger partial charge >= 0.3 is 0 Å². The summed E-state index contributed by atoms with van der Waals surface area (Å²) in [5, 5.41) is 3.77. The van der Waals surface area contributed by atoms with Crippen molar-refractivity contribution >= 4 is 50.5 Å². The molecular formula is C18H18Cl2N2O4S. The maximum Gasteiger partial charge on any atom is 0.265 e. The fourth-order valence-electron chi connectivity index (χ4n) is 2.86. The van der Waals surface area contributed by atoms with Crippen LogP contribution in [0.15, 0.2) is 36.4 Å². The summed E-state index contributed by atoms with van der Waals surface area (Å²) in [6, 6.07) is 9.80. The molecule has 0 aromatic heterocycles. The van der Waals surface area contributed by atoms with Gasteiger partial charge in [0, 0.05) is 28.7 Å². The largest absolute Gasteiger partial charge is 0.478 e. The van der Waals surface area contributed by atoms with Gasteiger partial charge in [-0.3, -0.25) is 9.10 Å². The average molecular weight is 429 g/mol. The van der Waals surface area contributed by atoms with E-state index < -0.39 is 16.1 Å². The van der Waals surface area contributed by atoms with Gasteiger partial charge in [-0.1, -0.05) is 23.2 Å². The molecule has 2 aromatic carbocycles. The topological polar surface area (TPSA) is 75.7 Å². The number of anilines is 2. The second kappa shape index (κ2) is 7.58. The molecule has 144 valence electrons. The first kappa shape index (κ1) is 19.8. The Hall–Kier alpha value is -1.96. The molecule has 3 rings (SSSR count). The summed E-state index contributed by atoms with van der Waals surface area (Å²) in [6.07, 6.45) is 0.444. The maximum atomic E-state index is 12.7. The van der Waals surface area contributed by atoms with Gasteiger partial charge in [-0.2, -0.15) is 0 Å². The van der Waals surface area contributed by atoms with Crippen LogP contribution in [0.5, 0.6) is 5.75 Å². The molecular weight excluding hydrogens is 411 g/mol. The molecule has 1 amide bonds. The Kier molecular flexibility index (Phi) is 5.55. The zero-order chi connectivity index (χ0) is 19.8. The van der Waals surface area contributed by atoms with Crippen LogP contribution < -0.4 is 14.4 Å². The predicted molar refractivity (Wildman–Crippen MR) is 107 cm³/mol. The van der Waals surface area contributed by atoms with Gasteiger partial charge in [0.1, 0.15) is 5.75 Å². The standard InChI is InChI=1S/C18H18Cl2N2O4S/c1-11-9-12(19)3-5-14(11)21-18(23)17-7-8-22(27(2,24)25)15-10-13(20)4-6-16(15)26-17/h3-6,9-10,17H,7-8H2,1-2H3,(H,21,23)/t17-/m0/s1. The molecule has 1 N–H and O–H groups in total. The van der Waals surface area contributed by atoms with Crippen molar-refractivity contribution in [2.75, 3.05) is 22.4 Å². The number of benzene rings is 2. The molecule has 27 heavy (non-hydrogen) atoms. The quantitative estimate of drug-likeness (QED) is 0.804. The molecule has 0 radical (unpaired) electrons. The van der Waals surface area contributed by atoms with E-state index in [1.165, 1.54) is 10.4 Å². The van der Waals surface area contributed by atoms with E-state index in [0.29, 0.717) is 21.4 Å². The van der Waals surface area contributed by atoms with E-state index in [4.69, 9.17) is 27.9 Å². The number of carbonyl (C=O) groups excluding carboxylic acids is 1. The monoisotopic (exact) mass is 428 g/mol. The van der Waals surface area contributed by atoms with Gasteiger partial charge in [0.05, 0.1) is 11.9 Å². The van der Waals surface area contributed by atoms with Crippen LogP contribution in [0, 0.1) is 6.92 Å². The third kappa shape index (κ3) is 4.48. The number of aryl methyl sites for hydroxylation is 1. The fourth-order valence-corrected chi connectivity index (χ4v) is 4.19. The van der Waals surface area contributed by atoms with Gasteiger partial charge in [-0.05, 0) is 48.9 Å². The number of nitrogens with zero attached hydrogens (tertiary/aromatic N) is 1. The first-order valence-corrected chi connectivity index (χ1v) is 10.8. The van der Waals surface area contributed by atoms with E-state index in [1.807, 2.05) is 6.92 Å². The Bertz CT molecular complexity index is 995. The predicted octanol–water partition coefficient (Wildman–Crippen LogP) is 3.86. The van der Waals surface area contributed by atoms with Crippen molar-refractivity contribution in [2.24, 2.45) is 0 Å². The number of rotatable bonds is 3. The molecule has 9 heteroatoms. The average Bonchev–Trinajstić information content (AvgIpc) is 2.76. The third-order valence-electron chi connectivity index (χ3n) is 4.19. The Morgan fingerprint density at radius 3 is 2.52 bits per heavy atom. The molecule has 1 heterocycles. The van der Waals surface area contributed by atoms with Crippen LogP contribution in [-0.2, 0) is 14.8 Å². The minimum Gasteiger partial charge on any atom is -0.478 e. The molecule has 1 aliphatic heterocycles. The number of sulfonamides is 1. The molecule has 6 nitrogen and oxygen atoms in total. The minimum atomic E-state index is -3.55. The lowest BCUT2D eigenvalue weighted by molar-refractivity contribution is -0.122. The van der Waals surface area contributed by atoms with Crippen LogP contribution in [0.25, 0.3) is 0 Å². The van der Waals surface area contributed by atoms with Crippen molar-refractivity contribution in [1.82, 2.24) is 0 Å². The summed E-state index contributed by atoms with van der Waals surface area (Å²) >= 11 is 12.0. The third-order valence-corrected chi connectivity index (χ3v) is 5.84. The Balaban J connectivity index is 1.88. The SMILES string of the molecule is Cc1cc(Cl)ccc1NC(=O)[C@@H]1CCN(S(C)(=O)=O)c2cc(Cl)ccc2O1. The maximum absolute atomic E-state index is 12.7. The van der Waals surface area contributed by atoms with E-state index >= 15 is 0 Å². The zero-order valence-electron chi connectivity index (χ0n) is 14.7. The van der Waals surface area contributed by atoms with E-state index in [0.717, 1.165) is 11.8 Å². The highest BCUT2D eigenvalue weighted by Gasteiger charge is 2.31. The van der Waals surface area contributed by atoms with Crippen LogP contribution in [0.3, 0.4) is 0 Å². The van der Waals surface area contributed by atoms with Crippen molar-refractivity contribution < 1.29 is 17.9 Å². The lowest BCUT2D eigenvalue weighted by atomic mass is 10.2. The lowest BCUT2D eigenvalue weighted by Gasteiger charge is -2.21. The molecule has 2 aromatic rings. The molecule has 1 atom stereocenters. The van der Waals surface area contributed by atoms with E-state index in [2.05, 4.69) is 5.32 Å². The molecule has 0 saturated carbocycles. The normalized spacial score (nSPS) is 16.9. The van der Waals surface area contributed by atoms with Gasteiger partial charge < -0.3 is 10.1 Å². The van der Waals surface area contributed by atoms with Crippen molar-refractivity contribution in [3.63, 3.8) is 0 Å². The second-order valence-corrected chi connectivity index (χ2v) is 9.07. The van der Waals surface area contributed by atoms with Gasteiger partial charge in [0.15, 0.2) is 6.10 Å². The highest BCUT2D eigenvalue weighted by atomic mass is 35.5. The number of amides is 1. The smallest absolute Gasteiger partial charge is 0.265 e. The molecule has 0 fully saturated rings. The van der Waals surface area contributed by atoms with Gasteiger partial charge in [-0.25, -0.2) is 8.42 Å². The first-order chi connectivity index (χ1) is 12.6.